The molecule has 0 radical (unpaired) electrons. The number of nitrogen functional groups attached to an aromatic ring is 1. The van der Waals surface area contributed by atoms with Gasteiger partial charge in [-0.2, -0.15) is 13.2 Å². The van der Waals surface area contributed by atoms with E-state index in [1.54, 1.807) is 25.1 Å². The van der Waals surface area contributed by atoms with Gasteiger partial charge in [-0.1, -0.05) is 12.1 Å². The minimum atomic E-state index is -4.20. The van der Waals surface area contributed by atoms with E-state index in [4.69, 9.17) is 5.73 Å². The van der Waals surface area contributed by atoms with Crippen molar-refractivity contribution < 1.29 is 13.2 Å². The number of hydrogen-bond acceptors (Lipinski definition) is 2. The van der Waals surface area contributed by atoms with E-state index >= 15 is 0 Å². The molecule has 1 fully saturated rings. The van der Waals surface area contributed by atoms with Crippen molar-refractivity contribution in [3.63, 3.8) is 0 Å². The molecule has 0 aliphatic heterocycles. The molecule has 2 nitrogen and oxygen atoms in total. The molecular weight excluding hydrogens is 229 g/mol. The molecule has 0 saturated heterocycles. The third kappa shape index (κ3) is 2.84. The average molecular weight is 244 g/mol. The molecule has 0 spiro atoms. The lowest BCUT2D eigenvalue weighted by atomic mass is 10.1. The molecule has 2 rings (SSSR count). The van der Waals surface area contributed by atoms with E-state index < -0.39 is 12.7 Å². The van der Waals surface area contributed by atoms with E-state index in [2.05, 4.69) is 0 Å². The first-order valence-corrected chi connectivity index (χ1v) is 5.57. The predicted molar refractivity (Wildman–Crippen MR) is 62.0 cm³/mol. The first kappa shape index (κ1) is 12.1. The number of nitrogens with zero attached hydrogens (tertiary/aromatic N) is 1. The SMILES string of the molecule is Cc1cccc(N(CC(F)(F)F)C2CC2)c1N. The molecule has 0 unspecified atom stereocenters. The highest BCUT2D eigenvalue weighted by Gasteiger charge is 2.38. The Bertz CT molecular complexity index is 411. The zero-order valence-electron chi connectivity index (χ0n) is 9.59. The molecule has 0 atom stereocenters. The van der Waals surface area contributed by atoms with Crippen LogP contribution in [-0.2, 0) is 0 Å². The van der Waals surface area contributed by atoms with Crippen molar-refractivity contribution in [1.82, 2.24) is 0 Å². The smallest absolute Gasteiger partial charge is 0.397 e. The predicted octanol–water partition coefficient (Wildman–Crippen LogP) is 3.11. The zero-order valence-corrected chi connectivity index (χ0v) is 9.59. The monoisotopic (exact) mass is 244 g/mol. The summed E-state index contributed by atoms with van der Waals surface area (Å²) in [7, 11) is 0. The van der Waals surface area contributed by atoms with Crippen molar-refractivity contribution in [3.8, 4) is 0 Å². The Kier molecular flexibility index (Phi) is 2.93. The zero-order chi connectivity index (χ0) is 12.6. The van der Waals surface area contributed by atoms with Crippen LogP contribution in [0.15, 0.2) is 18.2 Å². The van der Waals surface area contributed by atoms with Gasteiger partial charge in [-0.25, -0.2) is 0 Å². The molecule has 1 saturated carbocycles. The summed E-state index contributed by atoms with van der Waals surface area (Å²) in [5.41, 5.74) is 7.63. The van der Waals surface area contributed by atoms with Gasteiger partial charge in [0.1, 0.15) is 6.54 Å². The van der Waals surface area contributed by atoms with Gasteiger partial charge in [0.15, 0.2) is 0 Å². The van der Waals surface area contributed by atoms with Crippen LogP contribution in [0, 0.1) is 6.92 Å². The molecule has 5 heteroatoms. The van der Waals surface area contributed by atoms with Crippen LogP contribution >= 0.6 is 0 Å². The van der Waals surface area contributed by atoms with Crippen molar-refractivity contribution in [3.05, 3.63) is 23.8 Å². The van der Waals surface area contributed by atoms with Crippen LogP contribution in [0.3, 0.4) is 0 Å². The van der Waals surface area contributed by atoms with E-state index in [9.17, 15) is 13.2 Å². The Balaban J connectivity index is 2.29. The Morgan fingerprint density at radius 2 is 2.00 bits per heavy atom. The maximum Gasteiger partial charge on any atom is 0.405 e. The number of para-hydroxylation sites is 1. The Morgan fingerprint density at radius 3 is 2.53 bits per heavy atom. The quantitative estimate of drug-likeness (QED) is 0.828. The normalized spacial score (nSPS) is 16.0. The third-order valence-electron chi connectivity index (χ3n) is 2.95. The van der Waals surface area contributed by atoms with Gasteiger partial charge in [-0.15, -0.1) is 0 Å². The lowest BCUT2D eigenvalue weighted by Crippen LogP contribution is -2.36. The molecule has 17 heavy (non-hydrogen) atoms. The maximum absolute atomic E-state index is 12.5. The van der Waals surface area contributed by atoms with E-state index in [-0.39, 0.29) is 6.04 Å². The number of hydrogen-bond donors (Lipinski definition) is 1. The summed E-state index contributed by atoms with van der Waals surface area (Å²) >= 11 is 0. The molecule has 0 amide bonds. The number of nitrogens with two attached hydrogens (primary N) is 1. The van der Waals surface area contributed by atoms with Gasteiger partial charge < -0.3 is 10.6 Å². The minimum absolute atomic E-state index is 0.0132. The second-order valence-corrected chi connectivity index (χ2v) is 4.48. The number of halogens is 3. The molecule has 94 valence electrons. The molecule has 1 aromatic rings. The van der Waals surface area contributed by atoms with Gasteiger partial charge >= 0.3 is 6.18 Å². The molecule has 2 N–H and O–H groups in total. The van der Waals surface area contributed by atoms with E-state index in [0.717, 1.165) is 18.4 Å². The van der Waals surface area contributed by atoms with Crippen LogP contribution in [0.2, 0.25) is 0 Å². The molecule has 0 aromatic heterocycles. The van der Waals surface area contributed by atoms with Crippen molar-refractivity contribution in [1.29, 1.82) is 0 Å². The highest BCUT2D eigenvalue weighted by Crippen LogP contribution is 2.37. The van der Waals surface area contributed by atoms with Crippen LogP contribution in [0.1, 0.15) is 18.4 Å². The van der Waals surface area contributed by atoms with Gasteiger partial charge in [0.05, 0.1) is 11.4 Å². The number of benzene rings is 1. The summed E-state index contributed by atoms with van der Waals surface area (Å²) in [5.74, 6) is 0. The van der Waals surface area contributed by atoms with Crippen molar-refractivity contribution in [2.45, 2.75) is 32.0 Å². The van der Waals surface area contributed by atoms with Crippen LogP contribution in [-0.4, -0.2) is 18.8 Å². The fourth-order valence-electron chi connectivity index (χ4n) is 1.91. The lowest BCUT2D eigenvalue weighted by Gasteiger charge is -2.27. The molecular formula is C12H15F3N2. The second-order valence-electron chi connectivity index (χ2n) is 4.48. The van der Waals surface area contributed by atoms with E-state index in [0.29, 0.717) is 11.4 Å². The Hall–Kier alpha value is -1.39. The topological polar surface area (TPSA) is 29.3 Å². The van der Waals surface area contributed by atoms with Gasteiger partial charge in [-0.3, -0.25) is 0 Å². The lowest BCUT2D eigenvalue weighted by molar-refractivity contribution is -0.119. The highest BCUT2D eigenvalue weighted by molar-refractivity contribution is 5.71. The Morgan fingerprint density at radius 1 is 1.35 bits per heavy atom. The summed E-state index contributed by atoms with van der Waals surface area (Å²) in [4.78, 5) is 1.38. The van der Waals surface area contributed by atoms with E-state index in [1.165, 1.54) is 4.90 Å². The molecule has 0 heterocycles. The van der Waals surface area contributed by atoms with Gasteiger partial charge in [0.25, 0.3) is 0 Å². The standard InChI is InChI=1S/C12H15F3N2/c1-8-3-2-4-10(11(8)16)17(9-5-6-9)7-12(13,14)15/h2-4,9H,5-7,16H2,1H3. The van der Waals surface area contributed by atoms with Crippen LogP contribution in [0.5, 0.6) is 0 Å². The molecule has 1 aromatic carbocycles. The summed E-state index contributed by atoms with van der Waals surface area (Å²) < 4.78 is 37.6. The fourth-order valence-corrected chi connectivity index (χ4v) is 1.91. The highest BCUT2D eigenvalue weighted by atomic mass is 19.4. The van der Waals surface area contributed by atoms with Gasteiger partial charge in [0.2, 0.25) is 0 Å². The molecule has 1 aliphatic rings. The van der Waals surface area contributed by atoms with Gasteiger partial charge in [-0.05, 0) is 31.4 Å². The first-order valence-electron chi connectivity index (χ1n) is 5.57. The van der Waals surface area contributed by atoms with Gasteiger partial charge in [0, 0.05) is 6.04 Å². The minimum Gasteiger partial charge on any atom is -0.397 e. The number of rotatable bonds is 3. The fraction of sp³-hybridized carbons (Fsp3) is 0.500. The Labute approximate surface area is 98.2 Å². The van der Waals surface area contributed by atoms with Crippen molar-refractivity contribution in [2.24, 2.45) is 0 Å². The van der Waals surface area contributed by atoms with Crippen LogP contribution in [0.4, 0.5) is 24.5 Å². The first-order chi connectivity index (χ1) is 7.88. The molecule has 1 aliphatic carbocycles. The van der Waals surface area contributed by atoms with E-state index in [1.807, 2.05) is 0 Å². The molecule has 0 bridgehead atoms. The average Bonchev–Trinajstić information content (AvgIpc) is 3.01. The largest absolute Gasteiger partial charge is 0.405 e. The maximum atomic E-state index is 12.5. The number of aryl methyl sites for hydroxylation is 1. The third-order valence-corrected chi connectivity index (χ3v) is 2.95. The number of anilines is 2. The van der Waals surface area contributed by atoms with Crippen molar-refractivity contribution >= 4 is 11.4 Å². The summed E-state index contributed by atoms with van der Waals surface area (Å²) in [6.45, 7) is 0.878. The summed E-state index contributed by atoms with van der Waals surface area (Å²) in [6.07, 6.45) is -2.58. The van der Waals surface area contributed by atoms with Crippen molar-refractivity contribution in [2.75, 3.05) is 17.2 Å². The van der Waals surface area contributed by atoms with Crippen LogP contribution < -0.4 is 10.6 Å². The second kappa shape index (κ2) is 4.13. The number of alkyl halides is 3. The summed E-state index contributed by atoms with van der Waals surface area (Å²) in [5, 5.41) is 0. The summed E-state index contributed by atoms with van der Waals surface area (Å²) in [6, 6.07) is 5.19. The van der Waals surface area contributed by atoms with Crippen LogP contribution in [0.25, 0.3) is 0 Å².